The molecule has 0 radical (unpaired) electrons. The van der Waals surface area contributed by atoms with E-state index in [4.69, 9.17) is 9.26 Å². The zero-order valence-corrected chi connectivity index (χ0v) is 13.6. The molecule has 124 valence electrons. The Kier molecular flexibility index (Phi) is 4.93. The summed E-state index contributed by atoms with van der Waals surface area (Å²) in [6.07, 6.45) is 1.45. The molecule has 0 aliphatic carbocycles. The predicted molar refractivity (Wildman–Crippen MR) is 85.4 cm³/mol. The van der Waals surface area contributed by atoms with Crippen molar-refractivity contribution in [3.63, 3.8) is 0 Å². The van der Waals surface area contributed by atoms with Gasteiger partial charge in [-0.1, -0.05) is 17.3 Å². The lowest BCUT2D eigenvalue weighted by atomic mass is 9.96. The molecule has 2 heterocycles. The molecule has 1 aromatic heterocycles. The maximum absolute atomic E-state index is 10.4. The minimum atomic E-state index is -0.507. The van der Waals surface area contributed by atoms with Gasteiger partial charge in [0.2, 0.25) is 5.89 Å². The van der Waals surface area contributed by atoms with Crippen LogP contribution in [0.3, 0.4) is 0 Å². The van der Waals surface area contributed by atoms with Gasteiger partial charge in [-0.25, -0.2) is 0 Å². The standard InChI is InChI=1S/C17H23N3O3/c1-12-18-17(23-19-12)13-6-8-20(9-7-13)11-16(21)14-4-3-5-15(10-14)22-2/h3-5,10,13,16,21H,6-9,11H2,1-2H3. The lowest BCUT2D eigenvalue weighted by Gasteiger charge is -2.31. The summed E-state index contributed by atoms with van der Waals surface area (Å²) in [6, 6.07) is 7.61. The number of aromatic nitrogens is 2. The molecule has 0 bridgehead atoms. The Balaban J connectivity index is 1.53. The molecule has 6 heteroatoms. The molecule has 1 unspecified atom stereocenters. The number of methoxy groups -OCH3 is 1. The summed E-state index contributed by atoms with van der Waals surface area (Å²) in [4.78, 5) is 6.61. The molecule has 6 nitrogen and oxygen atoms in total. The molecule has 1 aliphatic heterocycles. The molecule has 0 amide bonds. The number of aliphatic hydroxyl groups is 1. The van der Waals surface area contributed by atoms with Gasteiger partial charge in [-0.3, -0.25) is 0 Å². The van der Waals surface area contributed by atoms with Gasteiger partial charge in [0.1, 0.15) is 5.75 Å². The number of aryl methyl sites for hydroxylation is 1. The van der Waals surface area contributed by atoms with Gasteiger partial charge in [0.15, 0.2) is 5.82 Å². The smallest absolute Gasteiger partial charge is 0.229 e. The molecule has 1 saturated heterocycles. The van der Waals surface area contributed by atoms with Gasteiger partial charge in [0.05, 0.1) is 13.2 Å². The van der Waals surface area contributed by atoms with E-state index in [-0.39, 0.29) is 0 Å². The van der Waals surface area contributed by atoms with E-state index in [0.29, 0.717) is 18.3 Å². The minimum absolute atomic E-state index is 0.335. The normalized spacial score (nSPS) is 18.0. The number of ether oxygens (including phenoxy) is 1. The predicted octanol–water partition coefficient (Wildman–Crippen LogP) is 2.30. The number of aliphatic hydroxyl groups excluding tert-OH is 1. The van der Waals surface area contributed by atoms with Crippen LogP contribution in [0.25, 0.3) is 0 Å². The van der Waals surface area contributed by atoms with Crippen LogP contribution in [0.4, 0.5) is 0 Å². The van der Waals surface area contributed by atoms with Gasteiger partial charge in [-0.05, 0) is 50.6 Å². The number of benzene rings is 1. The molecule has 1 aromatic carbocycles. The van der Waals surface area contributed by atoms with E-state index in [2.05, 4.69) is 15.0 Å². The maximum atomic E-state index is 10.4. The largest absolute Gasteiger partial charge is 0.497 e. The number of hydrogen-bond acceptors (Lipinski definition) is 6. The molecular weight excluding hydrogens is 294 g/mol. The molecular formula is C17H23N3O3. The second-order valence-electron chi connectivity index (χ2n) is 6.05. The SMILES string of the molecule is COc1cccc(C(O)CN2CCC(c3nc(C)no3)CC2)c1. The molecule has 2 aromatic rings. The van der Waals surface area contributed by atoms with E-state index in [1.807, 2.05) is 31.2 Å². The summed E-state index contributed by atoms with van der Waals surface area (Å²) in [7, 11) is 1.63. The quantitative estimate of drug-likeness (QED) is 0.912. The van der Waals surface area contributed by atoms with Crippen LogP contribution in [0, 0.1) is 6.92 Å². The first-order chi connectivity index (χ1) is 11.2. The minimum Gasteiger partial charge on any atom is -0.497 e. The Morgan fingerprint density at radius 3 is 2.83 bits per heavy atom. The highest BCUT2D eigenvalue weighted by atomic mass is 16.5. The average Bonchev–Trinajstić information content (AvgIpc) is 3.02. The molecule has 1 fully saturated rings. The van der Waals surface area contributed by atoms with Crippen LogP contribution < -0.4 is 4.74 Å². The summed E-state index contributed by atoms with van der Waals surface area (Å²) in [5, 5.41) is 14.3. The number of hydrogen-bond donors (Lipinski definition) is 1. The monoisotopic (exact) mass is 317 g/mol. The number of rotatable bonds is 5. The third-order valence-corrected chi connectivity index (χ3v) is 4.39. The lowest BCUT2D eigenvalue weighted by molar-refractivity contribution is 0.0940. The van der Waals surface area contributed by atoms with E-state index in [0.717, 1.165) is 43.1 Å². The van der Waals surface area contributed by atoms with E-state index >= 15 is 0 Å². The summed E-state index contributed by atoms with van der Waals surface area (Å²) < 4.78 is 10.5. The van der Waals surface area contributed by atoms with Crippen molar-refractivity contribution in [2.45, 2.75) is 31.8 Å². The van der Waals surface area contributed by atoms with Crippen molar-refractivity contribution in [3.8, 4) is 5.75 Å². The van der Waals surface area contributed by atoms with Crippen LogP contribution in [-0.4, -0.2) is 46.9 Å². The molecule has 0 spiro atoms. The summed E-state index contributed by atoms with van der Waals surface area (Å²) >= 11 is 0. The summed E-state index contributed by atoms with van der Waals surface area (Å²) in [6.45, 7) is 4.32. The molecule has 1 atom stereocenters. The molecule has 3 rings (SSSR count). The Labute approximate surface area is 136 Å². The Bertz CT molecular complexity index is 636. The van der Waals surface area contributed by atoms with Gasteiger partial charge in [0, 0.05) is 12.5 Å². The van der Waals surface area contributed by atoms with Crippen molar-refractivity contribution in [2.24, 2.45) is 0 Å². The first-order valence-corrected chi connectivity index (χ1v) is 8.00. The van der Waals surface area contributed by atoms with Gasteiger partial charge >= 0.3 is 0 Å². The maximum Gasteiger partial charge on any atom is 0.229 e. The zero-order valence-electron chi connectivity index (χ0n) is 13.6. The lowest BCUT2D eigenvalue weighted by Crippen LogP contribution is -2.36. The van der Waals surface area contributed by atoms with Gasteiger partial charge in [-0.2, -0.15) is 4.98 Å². The van der Waals surface area contributed by atoms with Crippen molar-refractivity contribution >= 4 is 0 Å². The summed E-state index contributed by atoms with van der Waals surface area (Å²) in [5.41, 5.74) is 0.888. The fraction of sp³-hybridized carbons (Fsp3) is 0.529. The third-order valence-electron chi connectivity index (χ3n) is 4.39. The average molecular weight is 317 g/mol. The van der Waals surface area contributed by atoms with Crippen LogP contribution in [-0.2, 0) is 0 Å². The van der Waals surface area contributed by atoms with E-state index < -0.39 is 6.10 Å². The molecule has 0 saturated carbocycles. The zero-order chi connectivity index (χ0) is 16.2. The highest BCUT2D eigenvalue weighted by Gasteiger charge is 2.26. The number of nitrogens with zero attached hydrogens (tertiary/aromatic N) is 3. The molecule has 1 N–H and O–H groups in total. The summed E-state index contributed by atoms with van der Waals surface area (Å²) in [5.74, 6) is 2.54. The fourth-order valence-electron chi connectivity index (χ4n) is 3.04. The second-order valence-corrected chi connectivity index (χ2v) is 6.05. The Morgan fingerprint density at radius 2 is 2.17 bits per heavy atom. The number of piperidine rings is 1. The third kappa shape index (κ3) is 3.89. The van der Waals surface area contributed by atoms with Crippen molar-refractivity contribution < 1.29 is 14.4 Å². The number of likely N-dealkylation sites (tertiary alicyclic amines) is 1. The van der Waals surface area contributed by atoms with Crippen LogP contribution in [0.1, 0.15) is 42.1 Å². The first kappa shape index (κ1) is 16.0. The van der Waals surface area contributed by atoms with Crippen molar-refractivity contribution in [2.75, 3.05) is 26.7 Å². The van der Waals surface area contributed by atoms with Crippen LogP contribution in [0.5, 0.6) is 5.75 Å². The van der Waals surface area contributed by atoms with Gasteiger partial charge in [0.25, 0.3) is 0 Å². The Hall–Kier alpha value is -1.92. The highest BCUT2D eigenvalue weighted by molar-refractivity contribution is 5.29. The van der Waals surface area contributed by atoms with Crippen LogP contribution in [0.2, 0.25) is 0 Å². The van der Waals surface area contributed by atoms with Crippen molar-refractivity contribution in [1.82, 2.24) is 15.0 Å². The van der Waals surface area contributed by atoms with Crippen LogP contribution >= 0.6 is 0 Å². The van der Waals surface area contributed by atoms with Crippen molar-refractivity contribution in [1.29, 1.82) is 0 Å². The molecule has 23 heavy (non-hydrogen) atoms. The van der Waals surface area contributed by atoms with Crippen LogP contribution in [0.15, 0.2) is 28.8 Å². The van der Waals surface area contributed by atoms with Gasteiger partial charge < -0.3 is 19.3 Å². The second kappa shape index (κ2) is 7.10. The highest BCUT2D eigenvalue weighted by Crippen LogP contribution is 2.28. The van der Waals surface area contributed by atoms with Crippen molar-refractivity contribution in [3.05, 3.63) is 41.5 Å². The topological polar surface area (TPSA) is 71.6 Å². The Morgan fingerprint density at radius 1 is 1.39 bits per heavy atom. The molecule has 1 aliphatic rings. The van der Waals surface area contributed by atoms with Gasteiger partial charge in [-0.15, -0.1) is 0 Å². The number of β-amino-alcohol motifs (C(OH)–C–C–N with tert-alkyl or cyclic N) is 1. The van der Waals surface area contributed by atoms with E-state index in [1.165, 1.54) is 0 Å². The van der Waals surface area contributed by atoms with E-state index in [9.17, 15) is 5.11 Å². The fourth-order valence-corrected chi connectivity index (χ4v) is 3.04. The first-order valence-electron chi connectivity index (χ1n) is 8.00. The van der Waals surface area contributed by atoms with E-state index in [1.54, 1.807) is 7.11 Å².